The molecule has 2 aromatic rings. The molecule has 2 atom stereocenters. The first kappa shape index (κ1) is 13.9. The summed E-state index contributed by atoms with van der Waals surface area (Å²) < 4.78 is 0. The fourth-order valence-electron chi connectivity index (χ4n) is 2.92. The number of rotatable bonds is 2. The van der Waals surface area contributed by atoms with Gasteiger partial charge in [-0.15, -0.1) is 0 Å². The molecule has 1 unspecified atom stereocenters. The number of nitrogens with zero attached hydrogens (tertiary/aromatic N) is 2. The Morgan fingerprint density at radius 1 is 1.33 bits per heavy atom. The van der Waals surface area contributed by atoms with Crippen molar-refractivity contribution in [1.82, 2.24) is 20.3 Å². The lowest BCUT2D eigenvalue weighted by Gasteiger charge is -2.22. The predicted octanol–water partition coefficient (Wildman–Crippen LogP) is 3.05. The van der Waals surface area contributed by atoms with Gasteiger partial charge in [-0.05, 0) is 24.8 Å². The molecular formula is C15H21N5O. The third-order valence-electron chi connectivity index (χ3n) is 4.18. The molecule has 21 heavy (non-hydrogen) atoms. The third-order valence-corrected chi connectivity index (χ3v) is 4.18. The highest BCUT2D eigenvalue weighted by Crippen LogP contribution is 2.23. The highest BCUT2D eigenvalue weighted by atomic mass is 16.2. The Balaban J connectivity index is 1.62. The summed E-state index contributed by atoms with van der Waals surface area (Å²) >= 11 is 0. The van der Waals surface area contributed by atoms with Gasteiger partial charge < -0.3 is 10.3 Å². The molecule has 112 valence electrons. The smallest absolute Gasteiger partial charge is 0.320 e. The molecule has 3 N–H and O–H groups in total. The monoisotopic (exact) mass is 287 g/mol. The van der Waals surface area contributed by atoms with Gasteiger partial charge in [0.15, 0.2) is 11.5 Å². The maximum absolute atomic E-state index is 12.1. The van der Waals surface area contributed by atoms with Crippen LogP contribution < -0.4 is 10.6 Å². The molecule has 2 aromatic heterocycles. The molecular weight excluding hydrogens is 266 g/mol. The van der Waals surface area contributed by atoms with E-state index in [-0.39, 0.29) is 12.1 Å². The van der Waals surface area contributed by atoms with E-state index in [9.17, 15) is 4.79 Å². The molecule has 0 aliphatic heterocycles. The van der Waals surface area contributed by atoms with Gasteiger partial charge in [0, 0.05) is 12.2 Å². The van der Waals surface area contributed by atoms with Gasteiger partial charge in [-0.25, -0.2) is 14.8 Å². The highest BCUT2D eigenvalue weighted by molar-refractivity contribution is 5.89. The first-order valence-electron chi connectivity index (χ1n) is 7.60. The van der Waals surface area contributed by atoms with E-state index in [0.29, 0.717) is 11.7 Å². The van der Waals surface area contributed by atoms with Gasteiger partial charge in [0.25, 0.3) is 0 Å². The predicted molar refractivity (Wildman–Crippen MR) is 82.1 cm³/mol. The average molecular weight is 287 g/mol. The molecule has 0 aromatic carbocycles. The van der Waals surface area contributed by atoms with Crippen LogP contribution in [0.1, 0.15) is 39.0 Å². The second-order valence-electron chi connectivity index (χ2n) is 5.79. The number of aromatic amines is 1. The number of H-pyrrole nitrogens is 1. The Labute approximate surface area is 123 Å². The number of anilines is 1. The van der Waals surface area contributed by atoms with E-state index in [1.165, 1.54) is 25.7 Å². The number of hydrogen-bond acceptors (Lipinski definition) is 3. The summed E-state index contributed by atoms with van der Waals surface area (Å²) in [6.45, 7) is 2.21. The van der Waals surface area contributed by atoms with Crippen LogP contribution in [0.25, 0.3) is 11.2 Å². The van der Waals surface area contributed by atoms with Gasteiger partial charge in [0.1, 0.15) is 5.52 Å². The van der Waals surface area contributed by atoms with E-state index in [1.54, 1.807) is 12.4 Å². The Morgan fingerprint density at radius 2 is 2.19 bits per heavy atom. The van der Waals surface area contributed by atoms with Crippen LogP contribution in [-0.4, -0.2) is 27.0 Å². The van der Waals surface area contributed by atoms with Crippen molar-refractivity contribution >= 4 is 23.0 Å². The van der Waals surface area contributed by atoms with E-state index in [0.717, 1.165) is 17.6 Å². The van der Waals surface area contributed by atoms with Crippen molar-refractivity contribution in [2.24, 2.45) is 5.92 Å². The van der Waals surface area contributed by atoms with E-state index < -0.39 is 0 Å². The van der Waals surface area contributed by atoms with Crippen molar-refractivity contribution in [2.75, 3.05) is 5.32 Å². The van der Waals surface area contributed by atoms with Crippen LogP contribution in [0.2, 0.25) is 0 Å². The van der Waals surface area contributed by atoms with Gasteiger partial charge in [-0.3, -0.25) is 5.32 Å². The van der Waals surface area contributed by atoms with Crippen molar-refractivity contribution in [3.63, 3.8) is 0 Å². The molecule has 2 heterocycles. The van der Waals surface area contributed by atoms with Gasteiger partial charge in [-0.1, -0.05) is 26.2 Å². The lowest BCUT2D eigenvalue weighted by molar-refractivity contribution is 0.242. The second-order valence-corrected chi connectivity index (χ2v) is 5.79. The van der Waals surface area contributed by atoms with E-state index in [1.807, 2.05) is 6.07 Å². The molecule has 0 bridgehead atoms. The lowest BCUT2D eigenvalue weighted by atomic mass is 9.97. The Morgan fingerprint density at radius 3 is 3.10 bits per heavy atom. The normalized spacial score (nSPS) is 22.7. The minimum absolute atomic E-state index is 0.196. The molecule has 0 radical (unpaired) electrons. The van der Waals surface area contributed by atoms with Crippen LogP contribution in [0.3, 0.4) is 0 Å². The molecule has 0 spiro atoms. The summed E-state index contributed by atoms with van der Waals surface area (Å²) in [5.74, 6) is 0.998. The number of amides is 2. The van der Waals surface area contributed by atoms with Crippen LogP contribution in [0.4, 0.5) is 10.6 Å². The number of nitrogens with one attached hydrogen (secondary N) is 3. The quantitative estimate of drug-likeness (QED) is 0.742. The molecule has 2 amide bonds. The van der Waals surface area contributed by atoms with Crippen molar-refractivity contribution < 1.29 is 4.79 Å². The first-order valence-corrected chi connectivity index (χ1v) is 7.60. The molecule has 6 heteroatoms. The van der Waals surface area contributed by atoms with Gasteiger partial charge in [-0.2, -0.15) is 0 Å². The van der Waals surface area contributed by atoms with E-state index >= 15 is 0 Å². The van der Waals surface area contributed by atoms with Crippen molar-refractivity contribution in [2.45, 2.75) is 45.1 Å². The van der Waals surface area contributed by atoms with Gasteiger partial charge in [0.2, 0.25) is 0 Å². The average Bonchev–Trinajstić information content (AvgIpc) is 2.84. The molecule has 1 aliphatic carbocycles. The summed E-state index contributed by atoms with van der Waals surface area (Å²) in [7, 11) is 0. The summed E-state index contributed by atoms with van der Waals surface area (Å²) in [6, 6.07) is 1.88. The Hall–Kier alpha value is -2.11. The summed E-state index contributed by atoms with van der Waals surface area (Å²) in [5, 5.41) is 5.85. The number of urea groups is 1. The minimum atomic E-state index is -0.196. The molecule has 0 saturated heterocycles. The fourth-order valence-corrected chi connectivity index (χ4v) is 2.92. The number of carbonyl (C=O) groups excluding carboxylic acids is 1. The highest BCUT2D eigenvalue weighted by Gasteiger charge is 2.21. The zero-order valence-electron chi connectivity index (χ0n) is 12.2. The van der Waals surface area contributed by atoms with Crippen molar-refractivity contribution in [1.29, 1.82) is 0 Å². The zero-order valence-corrected chi connectivity index (χ0v) is 12.2. The molecule has 3 rings (SSSR count). The number of fused-ring (bicyclic) bond motifs is 1. The maximum atomic E-state index is 12.1. The van der Waals surface area contributed by atoms with Gasteiger partial charge >= 0.3 is 6.03 Å². The summed E-state index contributed by atoms with van der Waals surface area (Å²) in [6.07, 6.45) is 9.29. The van der Waals surface area contributed by atoms with Crippen LogP contribution in [0, 0.1) is 5.92 Å². The number of hydrogen-bond donors (Lipinski definition) is 3. The standard InChI is InChI=1S/C15H21N5O/c1-10-5-3-2-4-6-11(10)19-15(21)20-13-9-17-14-12(18-13)7-8-16-14/h7-11H,2-6H2,1H3,(H,16,17)(H2,18,19,20,21)/t10-,11?/m1/s1. The van der Waals surface area contributed by atoms with E-state index in [2.05, 4.69) is 32.5 Å². The van der Waals surface area contributed by atoms with Crippen LogP contribution in [0.5, 0.6) is 0 Å². The lowest BCUT2D eigenvalue weighted by Crippen LogP contribution is -2.41. The zero-order chi connectivity index (χ0) is 14.7. The van der Waals surface area contributed by atoms with Crippen LogP contribution >= 0.6 is 0 Å². The van der Waals surface area contributed by atoms with Gasteiger partial charge in [0.05, 0.1) is 6.20 Å². The summed E-state index contributed by atoms with van der Waals surface area (Å²) in [5.41, 5.74) is 1.47. The Bertz CT molecular complexity index is 623. The van der Waals surface area contributed by atoms with E-state index in [4.69, 9.17) is 0 Å². The largest absolute Gasteiger partial charge is 0.345 e. The summed E-state index contributed by atoms with van der Waals surface area (Å²) in [4.78, 5) is 23.6. The fraction of sp³-hybridized carbons (Fsp3) is 0.533. The molecule has 1 aliphatic rings. The van der Waals surface area contributed by atoms with Crippen molar-refractivity contribution in [3.05, 3.63) is 18.5 Å². The SMILES string of the molecule is C[C@@H]1CCCCCC1NC(=O)Nc1cnc2[nH]ccc2n1. The molecule has 1 saturated carbocycles. The number of aromatic nitrogens is 3. The van der Waals surface area contributed by atoms with Crippen molar-refractivity contribution in [3.8, 4) is 0 Å². The topological polar surface area (TPSA) is 82.7 Å². The second kappa shape index (κ2) is 6.11. The van der Waals surface area contributed by atoms with Crippen LogP contribution in [-0.2, 0) is 0 Å². The molecule has 6 nitrogen and oxygen atoms in total. The first-order chi connectivity index (χ1) is 10.2. The third kappa shape index (κ3) is 3.32. The maximum Gasteiger partial charge on any atom is 0.320 e. The van der Waals surface area contributed by atoms with Crippen LogP contribution in [0.15, 0.2) is 18.5 Å². The minimum Gasteiger partial charge on any atom is -0.345 e. The molecule has 1 fully saturated rings. The Kier molecular flexibility index (Phi) is 4.03. The number of carbonyl (C=O) groups is 1.